The molecular weight excluding hydrogens is 208 g/mol. The van der Waals surface area contributed by atoms with E-state index in [1.165, 1.54) is 18.4 Å². The van der Waals surface area contributed by atoms with Gasteiger partial charge in [-0.3, -0.25) is 4.98 Å². The fourth-order valence-corrected chi connectivity index (χ4v) is 1.65. The maximum absolute atomic E-state index is 4.30. The van der Waals surface area contributed by atoms with Crippen molar-refractivity contribution in [3.05, 3.63) is 29.6 Å². The smallest absolute Gasteiger partial charge is 0.0372 e. The molecule has 0 saturated carbocycles. The predicted molar refractivity (Wildman–Crippen MR) is 74.0 cm³/mol. The molecule has 96 valence electrons. The van der Waals surface area contributed by atoms with Gasteiger partial charge in [0.15, 0.2) is 0 Å². The average Bonchev–Trinajstić information content (AvgIpc) is 2.25. The van der Waals surface area contributed by atoms with Gasteiger partial charge in [0.2, 0.25) is 0 Å². The van der Waals surface area contributed by atoms with E-state index in [4.69, 9.17) is 0 Å². The van der Waals surface area contributed by atoms with E-state index < -0.39 is 0 Å². The highest BCUT2D eigenvalue weighted by Crippen LogP contribution is 2.21. The third kappa shape index (κ3) is 6.42. The first-order valence-corrected chi connectivity index (χ1v) is 6.52. The summed E-state index contributed by atoms with van der Waals surface area (Å²) in [6.07, 6.45) is 4.44. The molecule has 0 aromatic carbocycles. The second-order valence-electron chi connectivity index (χ2n) is 6.19. The van der Waals surface area contributed by atoms with E-state index in [0.717, 1.165) is 12.2 Å². The number of aryl methyl sites for hydroxylation is 1. The molecule has 17 heavy (non-hydrogen) atoms. The van der Waals surface area contributed by atoms with Crippen LogP contribution >= 0.6 is 0 Å². The van der Waals surface area contributed by atoms with Gasteiger partial charge in [0, 0.05) is 24.5 Å². The van der Waals surface area contributed by atoms with Gasteiger partial charge in [-0.15, -0.1) is 0 Å². The van der Waals surface area contributed by atoms with E-state index in [-0.39, 0.29) is 0 Å². The second kappa shape index (κ2) is 6.15. The molecule has 0 amide bonds. The number of hydrogen-bond acceptors (Lipinski definition) is 2. The fraction of sp³-hybridized carbons (Fsp3) is 0.667. The van der Waals surface area contributed by atoms with E-state index in [0.29, 0.717) is 11.5 Å². The largest absolute Gasteiger partial charge is 0.310 e. The van der Waals surface area contributed by atoms with Gasteiger partial charge < -0.3 is 5.32 Å². The van der Waals surface area contributed by atoms with Gasteiger partial charge in [0.1, 0.15) is 0 Å². The molecule has 2 heteroatoms. The van der Waals surface area contributed by atoms with Gasteiger partial charge in [-0.2, -0.15) is 0 Å². The highest BCUT2D eigenvalue weighted by atomic mass is 14.9. The predicted octanol–water partition coefficient (Wildman–Crippen LogP) is 3.69. The molecule has 0 fully saturated rings. The Kier molecular flexibility index (Phi) is 5.13. The molecule has 0 aliphatic rings. The van der Waals surface area contributed by atoms with Crippen LogP contribution in [0.5, 0.6) is 0 Å². The third-order valence-electron chi connectivity index (χ3n) is 2.95. The molecule has 2 nitrogen and oxygen atoms in total. The lowest BCUT2D eigenvalue weighted by Crippen LogP contribution is -2.26. The minimum Gasteiger partial charge on any atom is -0.310 e. The fourth-order valence-electron chi connectivity index (χ4n) is 1.65. The first-order valence-electron chi connectivity index (χ1n) is 6.52. The summed E-state index contributed by atoms with van der Waals surface area (Å²) in [7, 11) is 0. The van der Waals surface area contributed by atoms with Crippen molar-refractivity contribution >= 4 is 0 Å². The Morgan fingerprint density at radius 3 is 2.53 bits per heavy atom. The highest BCUT2D eigenvalue weighted by molar-refractivity contribution is 5.12. The van der Waals surface area contributed by atoms with Gasteiger partial charge >= 0.3 is 0 Å². The second-order valence-corrected chi connectivity index (χ2v) is 6.19. The number of hydrogen-bond donors (Lipinski definition) is 1. The number of rotatable bonds is 5. The van der Waals surface area contributed by atoms with Crippen molar-refractivity contribution in [2.75, 3.05) is 0 Å². The lowest BCUT2D eigenvalue weighted by molar-refractivity contribution is 0.336. The molecule has 1 heterocycles. The van der Waals surface area contributed by atoms with E-state index in [1.807, 2.05) is 13.1 Å². The van der Waals surface area contributed by atoms with Crippen molar-refractivity contribution in [2.45, 2.75) is 60.0 Å². The summed E-state index contributed by atoms with van der Waals surface area (Å²) in [6, 6.07) is 4.78. The van der Waals surface area contributed by atoms with Crippen LogP contribution in [0, 0.1) is 12.3 Å². The zero-order valence-corrected chi connectivity index (χ0v) is 11.9. The van der Waals surface area contributed by atoms with Crippen LogP contribution in [0.1, 0.15) is 51.8 Å². The molecule has 1 atom stereocenters. The van der Waals surface area contributed by atoms with Crippen LogP contribution in [-0.4, -0.2) is 11.0 Å². The van der Waals surface area contributed by atoms with Gasteiger partial charge in [-0.1, -0.05) is 26.8 Å². The molecule has 1 N–H and O–H groups in total. The van der Waals surface area contributed by atoms with E-state index in [9.17, 15) is 0 Å². The molecule has 0 spiro atoms. The van der Waals surface area contributed by atoms with Crippen LogP contribution in [0.25, 0.3) is 0 Å². The third-order valence-corrected chi connectivity index (χ3v) is 2.95. The van der Waals surface area contributed by atoms with Crippen molar-refractivity contribution in [1.82, 2.24) is 10.3 Å². The van der Waals surface area contributed by atoms with Crippen molar-refractivity contribution in [1.29, 1.82) is 0 Å². The standard InChI is InChI=1S/C15H26N2/c1-12-6-7-14(10-16-12)11-17-13(2)8-9-15(3,4)5/h6-7,10,13,17H,8-9,11H2,1-5H3. The summed E-state index contributed by atoms with van der Waals surface area (Å²) < 4.78 is 0. The van der Waals surface area contributed by atoms with Crippen LogP contribution in [0.4, 0.5) is 0 Å². The molecule has 1 rings (SSSR count). The van der Waals surface area contributed by atoms with E-state index in [2.05, 4.69) is 50.1 Å². The lowest BCUT2D eigenvalue weighted by Gasteiger charge is -2.21. The molecule has 1 aromatic rings. The Hall–Kier alpha value is -0.890. The highest BCUT2D eigenvalue weighted by Gasteiger charge is 2.12. The Morgan fingerprint density at radius 1 is 1.29 bits per heavy atom. The minimum atomic E-state index is 0.432. The molecule has 1 aromatic heterocycles. The first kappa shape index (κ1) is 14.2. The van der Waals surface area contributed by atoms with Crippen molar-refractivity contribution < 1.29 is 0 Å². The normalized spacial score (nSPS) is 13.7. The maximum Gasteiger partial charge on any atom is 0.0372 e. The van der Waals surface area contributed by atoms with Crippen molar-refractivity contribution in [3.8, 4) is 0 Å². The molecule has 0 aliphatic heterocycles. The number of nitrogens with zero attached hydrogens (tertiary/aromatic N) is 1. The number of aromatic nitrogens is 1. The van der Waals surface area contributed by atoms with Crippen LogP contribution in [0.3, 0.4) is 0 Å². The SMILES string of the molecule is Cc1ccc(CNC(C)CCC(C)(C)C)cn1. The minimum absolute atomic E-state index is 0.432. The van der Waals surface area contributed by atoms with E-state index >= 15 is 0 Å². The van der Waals surface area contributed by atoms with Crippen LogP contribution in [-0.2, 0) is 6.54 Å². The Bertz CT molecular complexity index is 322. The Labute approximate surface area is 106 Å². The van der Waals surface area contributed by atoms with Crippen molar-refractivity contribution in [2.24, 2.45) is 5.41 Å². The monoisotopic (exact) mass is 234 g/mol. The maximum atomic E-state index is 4.30. The van der Waals surface area contributed by atoms with Gasteiger partial charge in [0.25, 0.3) is 0 Å². The average molecular weight is 234 g/mol. The molecular formula is C15H26N2. The van der Waals surface area contributed by atoms with Gasteiger partial charge in [-0.05, 0) is 43.7 Å². The lowest BCUT2D eigenvalue weighted by atomic mass is 9.89. The van der Waals surface area contributed by atoms with Gasteiger partial charge in [-0.25, -0.2) is 0 Å². The number of pyridine rings is 1. The van der Waals surface area contributed by atoms with Gasteiger partial charge in [0.05, 0.1) is 0 Å². The summed E-state index contributed by atoms with van der Waals surface area (Å²) in [5.74, 6) is 0. The summed E-state index contributed by atoms with van der Waals surface area (Å²) in [5.41, 5.74) is 2.77. The zero-order valence-electron chi connectivity index (χ0n) is 11.9. The quantitative estimate of drug-likeness (QED) is 0.840. The van der Waals surface area contributed by atoms with Crippen molar-refractivity contribution in [3.63, 3.8) is 0 Å². The summed E-state index contributed by atoms with van der Waals surface area (Å²) >= 11 is 0. The number of nitrogens with one attached hydrogen (secondary N) is 1. The Balaban J connectivity index is 2.28. The Morgan fingerprint density at radius 2 is 2.00 bits per heavy atom. The van der Waals surface area contributed by atoms with E-state index in [1.54, 1.807) is 0 Å². The summed E-state index contributed by atoms with van der Waals surface area (Å²) in [5, 5.41) is 3.55. The summed E-state index contributed by atoms with van der Waals surface area (Å²) in [4.78, 5) is 4.30. The molecule has 0 saturated heterocycles. The first-order chi connectivity index (χ1) is 7.87. The molecule has 1 unspecified atom stereocenters. The van der Waals surface area contributed by atoms with Crippen LogP contribution < -0.4 is 5.32 Å². The zero-order chi connectivity index (χ0) is 12.9. The molecule has 0 radical (unpaired) electrons. The molecule has 0 bridgehead atoms. The molecule has 0 aliphatic carbocycles. The van der Waals surface area contributed by atoms with Crippen LogP contribution in [0.15, 0.2) is 18.3 Å². The summed E-state index contributed by atoms with van der Waals surface area (Å²) in [6.45, 7) is 12.1. The van der Waals surface area contributed by atoms with Crippen LogP contribution in [0.2, 0.25) is 0 Å². The topological polar surface area (TPSA) is 24.9 Å².